The summed E-state index contributed by atoms with van der Waals surface area (Å²) in [6, 6.07) is 0. The number of hydrogen-bond donors (Lipinski definition) is 1. The summed E-state index contributed by atoms with van der Waals surface area (Å²) in [5.41, 5.74) is 5.59. The van der Waals surface area contributed by atoms with Crippen molar-refractivity contribution in [2.45, 2.75) is 52.9 Å². The fraction of sp³-hybridized carbons (Fsp3) is 0.917. The zero-order valence-electron chi connectivity index (χ0n) is 9.68. The molecule has 1 saturated carbocycles. The maximum absolute atomic E-state index is 10.6. The third kappa shape index (κ3) is 2.49. The number of carbonyl (C=O) groups excluding carboxylic acids is 1. The molecule has 2 atom stereocenters. The lowest BCUT2D eigenvalue weighted by Crippen LogP contribution is -2.23. The van der Waals surface area contributed by atoms with Crippen LogP contribution in [0.25, 0.3) is 0 Å². The van der Waals surface area contributed by atoms with Crippen molar-refractivity contribution >= 4 is 5.91 Å². The zero-order valence-corrected chi connectivity index (χ0v) is 9.68. The molecule has 1 fully saturated rings. The van der Waals surface area contributed by atoms with Crippen molar-refractivity contribution in [2.24, 2.45) is 23.0 Å². The van der Waals surface area contributed by atoms with E-state index in [1.807, 2.05) is 0 Å². The first kappa shape index (κ1) is 11.5. The average Bonchev–Trinajstić information content (AvgIpc) is 2.30. The van der Waals surface area contributed by atoms with E-state index < -0.39 is 0 Å². The normalized spacial score (nSPS) is 30.5. The minimum atomic E-state index is -0.158. The Hall–Kier alpha value is -0.530. The van der Waals surface area contributed by atoms with Gasteiger partial charge in [-0.15, -0.1) is 0 Å². The average molecular weight is 197 g/mol. The predicted molar refractivity (Wildman–Crippen MR) is 58.7 cm³/mol. The highest BCUT2D eigenvalue weighted by Gasteiger charge is 2.39. The van der Waals surface area contributed by atoms with Gasteiger partial charge in [0.05, 0.1) is 0 Å². The molecule has 82 valence electrons. The number of hydrogen-bond acceptors (Lipinski definition) is 1. The lowest BCUT2D eigenvalue weighted by atomic mass is 9.74. The van der Waals surface area contributed by atoms with E-state index in [1.165, 1.54) is 19.3 Å². The Morgan fingerprint density at radius 1 is 1.43 bits per heavy atom. The molecule has 1 rings (SSSR count). The fourth-order valence-corrected chi connectivity index (χ4v) is 2.64. The standard InChI is InChI=1S/C12H23NO/c1-9-7-8-10(12(9,2)3)5-4-6-11(13)14/h9-10H,4-8H2,1-3H3,(H2,13,14). The van der Waals surface area contributed by atoms with E-state index in [4.69, 9.17) is 5.73 Å². The van der Waals surface area contributed by atoms with Gasteiger partial charge >= 0.3 is 0 Å². The van der Waals surface area contributed by atoms with Crippen LogP contribution in [-0.2, 0) is 4.79 Å². The van der Waals surface area contributed by atoms with Crippen LogP contribution >= 0.6 is 0 Å². The first-order valence-electron chi connectivity index (χ1n) is 5.73. The quantitative estimate of drug-likeness (QED) is 0.740. The predicted octanol–water partition coefficient (Wildman–Crippen LogP) is 2.71. The molecule has 1 aliphatic rings. The second-order valence-electron chi connectivity index (χ2n) is 5.36. The van der Waals surface area contributed by atoms with Gasteiger partial charge in [-0.3, -0.25) is 4.79 Å². The molecule has 1 amide bonds. The van der Waals surface area contributed by atoms with Gasteiger partial charge in [-0.2, -0.15) is 0 Å². The minimum Gasteiger partial charge on any atom is -0.370 e. The maximum atomic E-state index is 10.6. The van der Waals surface area contributed by atoms with Crippen LogP contribution in [0.1, 0.15) is 52.9 Å². The molecule has 0 saturated heterocycles. The van der Waals surface area contributed by atoms with E-state index in [0.717, 1.165) is 18.3 Å². The molecule has 2 N–H and O–H groups in total. The molecule has 2 unspecified atom stereocenters. The Kier molecular flexibility index (Phi) is 3.57. The fourth-order valence-electron chi connectivity index (χ4n) is 2.64. The highest BCUT2D eigenvalue weighted by Crippen LogP contribution is 2.49. The number of rotatable bonds is 4. The van der Waals surface area contributed by atoms with E-state index in [1.54, 1.807) is 0 Å². The Labute approximate surface area is 87.2 Å². The molecule has 0 aromatic heterocycles. The van der Waals surface area contributed by atoms with Crippen molar-refractivity contribution in [3.63, 3.8) is 0 Å². The van der Waals surface area contributed by atoms with Crippen LogP contribution in [0.4, 0.5) is 0 Å². The van der Waals surface area contributed by atoms with Crippen molar-refractivity contribution in [3.8, 4) is 0 Å². The van der Waals surface area contributed by atoms with E-state index in [-0.39, 0.29) is 5.91 Å². The van der Waals surface area contributed by atoms with Gasteiger partial charge in [0, 0.05) is 6.42 Å². The van der Waals surface area contributed by atoms with Gasteiger partial charge in [0.15, 0.2) is 0 Å². The summed E-state index contributed by atoms with van der Waals surface area (Å²) in [4.78, 5) is 10.6. The van der Waals surface area contributed by atoms with Crippen molar-refractivity contribution in [3.05, 3.63) is 0 Å². The first-order valence-corrected chi connectivity index (χ1v) is 5.73. The molecule has 0 heterocycles. The molecule has 0 radical (unpaired) electrons. The first-order chi connectivity index (χ1) is 6.44. The van der Waals surface area contributed by atoms with Crippen LogP contribution in [0.15, 0.2) is 0 Å². The molecule has 14 heavy (non-hydrogen) atoms. The summed E-state index contributed by atoms with van der Waals surface area (Å²) in [6.07, 6.45) is 5.36. The third-order valence-electron chi connectivity index (χ3n) is 4.25. The van der Waals surface area contributed by atoms with Crippen LogP contribution in [-0.4, -0.2) is 5.91 Å². The van der Waals surface area contributed by atoms with Gasteiger partial charge in [0.25, 0.3) is 0 Å². The van der Waals surface area contributed by atoms with Crippen LogP contribution in [0.3, 0.4) is 0 Å². The monoisotopic (exact) mass is 197 g/mol. The Morgan fingerprint density at radius 2 is 2.07 bits per heavy atom. The minimum absolute atomic E-state index is 0.158. The summed E-state index contributed by atoms with van der Waals surface area (Å²) >= 11 is 0. The molecule has 0 aliphatic heterocycles. The highest BCUT2D eigenvalue weighted by molar-refractivity contribution is 5.73. The summed E-state index contributed by atoms with van der Waals surface area (Å²) in [5, 5.41) is 0. The summed E-state index contributed by atoms with van der Waals surface area (Å²) in [6.45, 7) is 7.06. The second kappa shape index (κ2) is 4.33. The largest absolute Gasteiger partial charge is 0.370 e. The van der Waals surface area contributed by atoms with E-state index in [9.17, 15) is 4.79 Å². The van der Waals surface area contributed by atoms with Gasteiger partial charge < -0.3 is 5.73 Å². The third-order valence-corrected chi connectivity index (χ3v) is 4.25. The Morgan fingerprint density at radius 3 is 2.50 bits per heavy atom. The lowest BCUT2D eigenvalue weighted by molar-refractivity contribution is -0.118. The molecule has 1 aliphatic carbocycles. The summed E-state index contributed by atoms with van der Waals surface area (Å²) < 4.78 is 0. The molecular weight excluding hydrogens is 174 g/mol. The topological polar surface area (TPSA) is 43.1 Å². The van der Waals surface area contributed by atoms with Crippen molar-refractivity contribution in [2.75, 3.05) is 0 Å². The van der Waals surface area contributed by atoms with Gasteiger partial charge in [-0.1, -0.05) is 20.8 Å². The van der Waals surface area contributed by atoms with E-state index in [2.05, 4.69) is 20.8 Å². The number of amides is 1. The van der Waals surface area contributed by atoms with Crippen LogP contribution in [0.5, 0.6) is 0 Å². The van der Waals surface area contributed by atoms with Crippen molar-refractivity contribution in [1.82, 2.24) is 0 Å². The highest BCUT2D eigenvalue weighted by atomic mass is 16.1. The maximum Gasteiger partial charge on any atom is 0.217 e. The van der Waals surface area contributed by atoms with Crippen LogP contribution < -0.4 is 5.73 Å². The lowest BCUT2D eigenvalue weighted by Gasteiger charge is -2.31. The van der Waals surface area contributed by atoms with Gasteiger partial charge in [0.2, 0.25) is 5.91 Å². The smallest absolute Gasteiger partial charge is 0.217 e. The molecular formula is C12H23NO. The van der Waals surface area contributed by atoms with Crippen molar-refractivity contribution in [1.29, 1.82) is 0 Å². The van der Waals surface area contributed by atoms with E-state index in [0.29, 0.717) is 11.8 Å². The van der Waals surface area contributed by atoms with Crippen LogP contribution in [0.2, 0.25) is 0 Å². The summed E-state index contributed by atoms with van der Waals surface area (Å²) in [5.74, 6) is 1.45. The number of primary amides is 1. The van der Waals surface area contributed by atoms with Gasteiger partial charge in [-0.05, 0) is 42.9 Å². The number of carbonyl (C=O) groups is 1. The second-order valence-corrected chi connectivity index (χ2v) is 5.36. The molecule has 2 nitrogen and oxygen atoms in total. The SMILES string of the molecule is CC1CCC(CCCC(N)=O)C1(C)C. The summed E-state index contributed by atoms with van der Waals surface area (Å²) in [7, 11) is 0. The van der Waals surface area contributed by atoms with Crippen LogP contribution in [0, 0.1) is 17.3 Å². The Bertz CT molecular complexity index is 210. The molecule has 0 bridgehead atoms. The molecule has 0 spiro atoms. The number of nitrogens with two attached hydrogens (primary N) is 1. The van der Waals surface area contributed by atoms with E-state index >= 15 is 0 Å². The Balaban J connectivity index is 2.35. The molecule has 0 aromatic carbocycles. The van der Waals surface area contributed by atoms with Crippen molar-refractivity contribution < 1.29 is 4.79 Å². The van der Waals surface area contributed by atoms with Gasteiger partial charge in [0.1, 0.15) is 0 Å². The van der Waals surface area contributed by atoms with Gasteiger partial charge in [-0.25, -0.2) is 0 Å². The molecule has 0 aromatic rings. The molecule has 2 heteroatoms. The zero-order chi connectivity index (χ0) is 10.8.